The number of hydrogen-bond donors (Lipinski definition) is 1. The maximum absolute atomic E-state index is 12.5. The van der Waals surface area contributed by atoms with Crippen molar-refractivity contribution in [2.45, 2.75) is 19.4 Å². The molecule has 5 nitrogen and oxygen atoms in total. The monoisotopic (exact) mass is 370 g/mol. The van der Waals surface area contributed by atoms with Gasteiger partial charge in [-0.3, -0.25) is 9.59 Å². The molecule has 0 aliphatic rings. The van der Waals surface area contributed by atoms with Gasteiger partial charge in [0.25, 0.3) is 5.91 Å². The Morgan fingerprint density at radius 3 is 2.73 bits per heavy atom. The van der Waals surface area contributed by atoms with Crippen LogP contribution in [0.5, 0.6) is 0 Å². The number of hydrogen-bond acceptors (Lipinski definition) is 5. The SMILES string of the molecule is CCc1ccc2oc(C(=O)NC[C@@H](c3cccs3)N(C)C)cc(=O)c2c1. The predicted molar refractivity (Wildman–Crippen MR) is 105 cm³/mol. The molecule has 0 spiro atoms. The Bertz CT molecular complexity index is 961. The third-order valence-electron chi connectivity index (χ3n) is 4.37. The highest BCUT2D eigenvalue weighted by molar-refractivity contribution is 7.10. The van der Waals surface area contributed by atoms with Crippen molar-refractivity contribution in [2.24, 2.45) is 0 Å². The summed E-state index contributed by atoms with van der Waals surface area (Å²) in [6.07, 6.45) is 0.840. The van der Waals surface area contributed by atoms with Gasteiger partial charge in [0.1, 0.15) is 5.58 Å². The molecule has 1 atom stereocenters. The lowest BCUT2D eigenvalue weighted by Gasteiger charge is -2.23. The van der Waals surface area contributed by atoms with Crippen molar-refractivity contribution < 1.29 is 9.21 Å². The maximum atomic E-state index is 12.5. The Kier molecular flexibility index (Phi) is 5.54. The number of aryl methyl sites for hydroxylation is 1. The molecule has 0 unspecified atom stereocenters. The number of thiophene rings is 1. The number of carbonyl (C=O) groups is 1. The standard InChI is InChI=1S/C20H22N2O3S/c1-4-13-7-8-17-14(10-13)16(23)11-18(25-17)20(24)21-12-15(22(2)3)19-6-5-9-26-19/h5-11,15H,4,12H2,1-3H3,(H,21,24)/t15-/m0/s1. The topological polar surface area (TPSA) is 62.6 Å². The Labute approximate surface area is 156 Å². The van der Waals surface area contributed by atoms with E-state index >= 15 is 0 Å². The number of amides is 1. The van der Waals surface area contributed by atoms with Gasteiger partial charge in [-0.15, -0.1) is 11.3 Å². The van der Waals surface area contributed by atoms with Crippen LogP contribution in [-0.2, 0) is 6.42 Å². The number of nitrogens with one attached hydrogen (secondary N) is 1. The van der Waals surface area contributed by atoms with Crippen LogP contribution in [0.4, 0.5) is 0 Å². The van der Waals surface area contributed by atoms with E-state index in [2.05, 4.69) is 10.2 Å². The largest absolute Gasteiger partial charge is 0.451 e. The molecule has 26 heavy (non-hydrogen) atoms. The second-order valence-corrected chi connectivity index (χ2v) is 7.34. The molecule has 0 saturated carbocycles. The molecular weight excluding hydrogens is 348 g/mol. The lowest BCUT2D eigenvalue weighted by atomic mass is 10.1. The fourth-order valence-corrected chi connectivity index (χ4v) is 3.75. The molecule has 0 radical (unpaired) electrons. The molecule has 1 N–H and O–H groups in total. The zero-order chi connectivity index (χ0) is 18.7. The number of rotatable bonds is 6. The van der Waals surface area contributed by atoms with Crippen LogP contribution in [0.2, 0.25) is 0 Å². The van der Waals surface area contributed by atoms with E-state index in [0.29, 0.717) is 17.5 Å². The van der Waals surface area contributed by atoms with Crippen LogP contribution in [0.25, 0.3) is 11.0 Å². The number of nitrogens with zero attached hydrogens (tertiary/aromatic N) is 1. The summed E-state index contributed by atoms with van der Waals surface area (Å²) in [5.74, 6) is -0.345. The van der Waals surface area contributed by atoms with E-state index in [4.69, 9.17) is 4.42 Å². The van der Waals surface area contributed by atoms with Gasteiger partial charge in [0.05, 0.1) is 11.4 Å². The summed E-state index contributed by atoms with van der Waals surface area (Å²) >= 11 is 1.65. The van der Waals surface area contributed by atoms with Crippen LogP contribution in [0.1, 0.15) is 34.0 Å². The quantitative estimate of drug-likeness (QED) is 0.722. The van der Waals surface area contributed by atoms with Crippen molar-refractivity contribution >= 4 is 28.2 Å². The van der Waals surface area contributed by atoms with Gasteiger partial charge in [-0.1, -0.05) is 19.1 Å². The van der Waals surface area contributed by atoms with E-state index in [1.807, 2.05) is 50.7 Å². The van der Waals surface area contributed by atoms with Gasteiger partial charge in [0.15, 0.2) is 11.2 Å². The summed E-state index contributed by atoms with van der Waals surface area (Å²) in [5, 5.41) is 5.40. The third kappa shape index (κ3) is 3.86. The minimum atomic E-state index is -0.382. The molecule has 0 bridgehead atoms. The molecule has 0 aliphatic carbocycles. The zero-order valence-electron chi connectivity index (χ0n) is 15.1. The van der Waals surface area contributed by atoms with Gasteiger partial charge >= 0.3 is 0 Å². The zero-order valence-corrected chi connectivity index (χ0v) is 15.9. The smallest absolute Gasteiger partial charge is 0.287 e. The van der Waals surface area contributed by atoms with Crippen LogP contribution in [0, 0.1) is 0 Å². The van der Waals surface area contributed by atoms with E-state index in [1.165, 1.54) is 10.9 Å². The van der Waals surface area contributed by atoms with Crippen LogP contribution >= 0.6 is 11.3 Å². The van der Waals surface area contributed by atoms with Crippen molar-refractivity contribution in [3.8, 4) is 0 Å². The minimum Gasteiger partial charge on any atom is -0.451 e. The van der Waals surface area contributed by atoms with Gasteiger partial charge in [-0.05, 0) is 49.7 Å². The molecule has 6 heteroatoms. The van der Waals surface area contributed by atoms with Crippen molar-refractivity contribution in [2.75, 3.05) is 20.6 Å². The van der Waals surface area contributed by atoms with Crippen molar-refractivity contribution in [1.82, 2.24) is 10.2 Å². The first-order valence-electron chi connectivity index (χ1n) is 8.54. The van der Waals surface area contributed by atoms with Crippen LogP contribution in [-0.4, -0.2) is 31.4 Å². The van der Waals surface area contributed by atoms with Crippen molar-refractivity contribution in [3.63, 3.8) is 0 Å². The van der Waals surface area contributed by atoms with Gasteiger partial charge in [-0.2, -0.15) is 0 Å². The van der Waals surface area contributed by atoms with Gasteiger partial charge in [0, 0.05) is 17.5 Å². The van der Waals surface area contributed by atoms with Crippen LogP contribution < -0.4 is 10.7 Å². The van der Waals surface area contributed by atoms with E-state index in [-0.39, 0.29) is 23.1 Å². The average molecular weight is 370 g/mol. The summed E-state index contributed by atoms with van der Waals surface area (Å²) in [6, 6.07) is 10.9. The Hall–Kier alpha value is -2.44. The first-order chi connectivity index (χ1) is 12.5. The number of likely N-dealkylation sites (N-methyl/N-ethyl adjacent to an activating group) is 1. The summed E-state index contributed by atoms with van der Waals surface area (Å²) < 4.78 is 5.66. The molecule has 0 saturated heterocycles. The Morgan fingerprint density at radius 1 is 1.27 bits per heavy atom. The molecule has 1 aromatic carbocycles. The Morgan fingerprint density at radius 2 is 2.08 bits per heavy atom. The molecule has 0 fully saturated rings. The fraction of sp³-hybridized carbons (Fsp3) is 0.300. The number of benzene rings is 1. The number of fused-ring (bicyclic) bond motifs is 1. The first-order valence-corrected chi connectivity index (χ1v) is 9.42. The summed E-state index contributed by atoms with van der Waals surface area (Å²) in [4.78, 5) is 28.1. The second kappa shape index (κ2) is 7.85. The van der Waals surface area contributed by atoms with E-state index in [0.717, 1.165) is 12.0 Å². The van der Waals surface area contributed by atoms with Gasteiger partial charge in [-0.25, -0.2) is 0 Å². The van der Waals surface area contributed by atoms with E-state index in [1.54, 1.807) is 17.4 Å². The fourth-order valence-electron chi connectivity index (χ4n) is 2.83. The summed E-state index contributed by atoms with van der Waals surface area (Å²) in [5.41, 5.74) is 1.29. The Balaban J connectivity index is 1.80. The van der Waals surface area contributed by atoms with Gasteiger partial charge in [0.2, 0.25) is 0 Å². The maximum Gasteiger partial charge on any atom is 0.287 e. The molecule has 1 amide bonds. The van der Waals surface area contributed by atoms with Gasteiger partial charge < -0.3 is 14.6 Å². The highest BCUT2D eigenvalue weighted by Gasteiger charge is 2.18. The molecule has 2 heterocycles. The first kappa shape index (κ1) is 18.4. The van der Waals surface area contributed by atoms with Crippen LogP contribution in [0.15, 0.2) is 51.0 Å². The molecule has 0 aliphatic heterocycles. The lowest BCUT2D eigenvalue weighted by Crippen LogP contribution is -2.34. The average Bonchev–Trinajstić information content (AvgIpc) is 3.15. The third-order valence-corrected chi connectivity index (χ3v) is 5.35. The highest BCUT2D eigenvalue weighted by Crippen LogP contribution is 2.22. The number of carbonyl (C=O) groups excluding carboxylic acids is 1. The molecule has 2 aromatic heterocycles. The lowest BCUT2D eigenvalue weighted by molar-refractivity contribution is 0.0915. The van der Waals surface area contributed by atoms with Crippen molar-refractivity contribution in [3.05, 3.63) is 68.2 Å². The minimum absolute atomic E-state index is 0.0374. The second-order valence-electron chi connectivity index (χ2n) is 6.36. The molecule has 3 aromatic rings. The van der Waals surface area contributed by atoms with Crippen LogP contribution in [0.3, 0.4) is 0 Å². The predicted octanol–water partition coefficient (Wildman–Crippen LogP) is 3.45. The molecule has 3 rings (SSSR count). The normalized spacial score (nSPS) is 12.5. The van der Waals surface area contributed by atoms with E-state index in [9.17, 15) is 9.59 Å². The van der Waals surface area contributed by atoms with E-state index < -0.39 is 0 Å². The molecule has 136 valence electrons. The highest BCUT2D eigenvalue weighted by atomic mass is 32.1. The summed E-state index contributed by atoms with van der Waals surface area (Å²) in [7, 11) is 3.94. The molecular formula is C20H22N2O3S. The van der Waals surface area contributed by atoms with Crippen molar-refractivity contribution in [1.29, 1.82) is 0 Å². The summed E-state index contributed by atoms with van der Waals surface area (Å²) in [6.45, 7) is 2.46.